The average Bonchev–Trinajstić information content (AvgIpc) is 2.37. The van der Waals surface area contributed by atoms with E-state index >= 15 is 0 Å². The lowest BCUT2D eigenvalue weighted by atomic mass is 10.1. The van der Waals surface area contributed by atoms with Gasteiger partial charge in [0, 0.05) is 6.04 Å². The largest absolute Gasteiger partial charge is 0.459 e. The first-order chi connectivity index (χ1) is 7.88. The molecule has 100 valence electrons. The third-order valence-electron chi connectivity index (χ3n) is 2.91. The Bertz CT molecular complexity index is 248. The molecule has 4 nitrogen and oxygen atoms in total. The highest BCUT2D eigenvalue weighted by molar-refractivity contribution is 5.72. The molecular weight excluding hydrogens is 218 g/mol. The number of aliphatic hydroxyl groups excluding tert-OH is 1. The molecule has 0 aromatic rings. The summed E-state index contributed by atoms with van der Waals surface area (Å²) in [6, 6.07) is 0.0324. The van der Waals surface area contributed by atoms with Gasteiger partial charge in [-0.15, -0.1) is 0 Å². The summed E-state index contributed by atoms with van der Waals surface area (Å²) in [6.07, 6.45) is 4.78. The molecule has 2 N–H and O–H groups in total. The summed E-state index contributed by atoms with van der Waals surface area (Å²) in [5, 5.41) is 13.0. The van der Waals surface area contributed by atoms with Gasteiger partial charge in [0.15, 0.2) is 0 Å². The van der Waals surface area contributed by atoms with Gasteiger partial charge in [-0.2, -0.15) is 0 Å². The van der Waals surface area contributed by atoms with Gasteiger partial charge in [-0.05, 0) is 33.6 Å². The van der Waals surface area contributed by atoms with Gasteiger partial charge in [0.25, 0.3) is 0 Å². The van der Waals surface area contributed by atoms with E-state index in [1.807, 2.05) is 20.8 Å². The van der Waals surface area contributed by atoms with Gasteiger partial charge in [0.1, 0.15) is 5.60 Å². The average molecular weight is 243 g/mol. The molecule has 0 amide bonds. The van der Waals surface area contributed by atoms with Gasteiger partial charge in [0.05, 0.1) is 12.6 Å². The molecule has 1 saturated carbocycles. The first-order valence-corrected chi connectivity index (χ1v) is 6.52. The van der Waals surface area contributed by atoms with Gasteiger partial charge >= 0.3 is 5.97 Å². The van der Waals surface area contributed by atoms with Crippen molar-refractivity contribution in [2.45, 2.75) is 70.6 Å². The zero-order chi connectivity index (χ0) is 12.9. The first-order valence-electron chi connectivity index (χ1n) is 6.52. The third-order valence-corrected chi connectivity index (χ3v) is 2.91. The maximum Gasteiger partial charge on any atom is 0.320 e. The van der Waals surface area contributed by atoms with Crippen molar-refractivity contribution in [3.8, 4) is 0 Å². The first kappa shape index (κ1) is 14.5. The smallest absolute Gasteiger partial charge is 0.320 e. The van der Waals surface area contributed by atoms with Crippen LogP contribution in [0.2, 0.25) is 0 Å². The quantitative estimate of drug-likeness (QED) is 0.584. The molecule has 0 saturated heterocycles. The van der Waals surface area contributed by atoms with Gasteiger partial charge in [-0.3, -0.25) is 4.79 Å². The van der Waals surface area contributed by atoms with Crippen molar-refractivity contribution in [2.24, 2.45) is 0 Å². The van der Waals surface area contributed by atoms with Crippen LogP contribution >= 0.6 is 0 Å². The van der Waals surface area contributed by atoms with Gasteiger partial charge in [0.2, 0.25) is 0 Å². The SMILES string of the molecule is CC(C)(C)OC(=O)CNC1CCCCCC1O. The summed E-state index contributed by atoms with van der Waals surface area (Å²) >= 11 is 0. The van der Waals surface area contributed by atoms with Crippen LogP contribution in [0.3, 0.4) is 0 Å². The Morgan fingerprint density at radius 1 is 1.29 bits per heavy atom. The van der Waals surface area contributed by atoms with Crippen molar-refractivity contribution < 1.29 is 14.6 Å². The summed E-state index contributed by atoms with van der Waals surface area (Å²) in [5.41, 5.74) is -0.444. The number of carbonyl (C=O) groups excluding carboxylic acids is 1. The molecule has 1 aliphatic carbocycles. The second-order valence-corrected chi connectivity index (χ2v) is 5.78. The Morgan fingerprint density at radius 2 is 1.94 bits per heavy atom. The Morgan fingerprint density at radius 3 is 2.59 bits per heavy atom. The predicted molar refractivity (Wildman–Crippen MR) is 66.7 cm³/mol. The van der Waals surface area contributed by atoms with E-state index in [0.29, 0.717) is 0 Å². The number of hydrogen-bond donors (Lipinski definition) is 2. The molecule has 1 aliphatic rings. The van der Waals surface area contributed by atoms with E-state index in [2.05, 4.69) is 5.32 Å². The van der Waals surface area contributed by atoms with Gasteiger partial charge in [-0.25, -0.2) is 0 Å². The van der Waals surface area contributed by atoms with Crippen LogP contribution in [-0.2, 0) is 9.53 Å². The van der Waals surface area contributed by atoms with E-state index in [-0.39, 0.29) is 24.7 Å². The van der Waals surface area contributed by atoms with Crippen LogP contribution in [0.15, 0.2) is 0 Å². The van der Waals surface area contributed by atoms with Crippen LogP contribution in [0.1, 0.15) is 52.9 Å². The highest BCUT2D eigenvalue weighted by atomic mass is 16.6. The zero-order valence-electron chi connectivity index (χ0n) is 11.2. The monoisotopic (exact) mass is 243 g/mol. The zero-order valence-corrected chi connectivity index (χ0v) is 11.2. The topological polar surface area (TPSA) is 58.6 Å². The molecular formula is C13H25NO3. The second kappa shape index (κ2) is 6.36. The second-order valence-electron chi connectivity index (χ2n) is 5.78. The van der Waals surface area contributed by atoms with Crippen molar-refractivity contribution in [1.82, 2.24) is 5.32 Å². The highest BCUT2D eigenvalue weighted by Crippen LogP contribution is 2.18. The third kappa shape index (κ3) is 6.03. The van der Waals surface area contributed by atoms with E-state index in [1.165, 1.54) is 6.42 Å². The number of nitrogens with one attached hydrogen (secondary N) is 1. The van der Waals surface area contributed by atoms with Crippen molar-refractivity contribution in [1.29, 1.82) is 0 Å². The minimum absolute atomic E-state index is 0.0324. The molecule has 1 rings (SSSR count). The molecule has 0 spiro atoms. The summed E-state index contributed by atoms with van der Waals surface area (Å²) < 4.78 is 5.21. The molecule has 0 aliphatic heterocycles. The summed E-state index contributed by atoms with van der Waals surface area (Å²) in [5.74, 6) is -0.256. The van der Waals surface area contributed by atoms with E-state index in [9.17, 15) is 9.90 Å². The maximum absolute atomic E-state index is 11.5. The molecule has 2 atom stereocenters. The van der Waals surface area contributed by atoms with E-state index < -0.39 is 5.60 Å². The molecule has 2 unspecified atom stereocenters. The Balaban J connectivity index is 2.31. The summed E-state index contributed by atoms with van der Waals surface area (Å²) in [4.78, 5) is 11.5. The van der Waals surface area contributed by atoms with Crippen molar-refractivity contribution in [3.05, 3.63) is 0 Å². The molecule has 1 fully saturated rings. The van der Waals surface area contributed by atoms with E-state index in [1.54, 1.807) is 0 Å². The standard InChI is InChI=1S/C13H25NO3/c1-13(2,3)17-12(16)9-14-10-7-5-4-6-8-11(10)15/h10-11,14-15H,4-9H2,1-3H3. The maximum atomic E-state index is 11.5. The van der Waals surface area contributed by atoms with Crippen molar-refractivity contribution in [3.63, 3.8) is 0 Å². The summed E-state index contributed by atoms with van der Waals surface area (Å²) in [6.45, 7) is 5.74. The van der Waals surface area contributed by atoms with E-state index in [0.717, 1.165) is 25.7 Å². The minimum Gasteiger partial charge on any atom is -0.459 e. The van der Waals surface area contributed by atoms with Crippen LogP contribution in [0.25, 0.3) is 0 Å². The highest BCUT2D eigenvalue weighted by Gasteiger charge is 2.23. The number of aliphatic hydroxyl groups is 1. The number of rotatable bonds is 3. The number of esters is 1. The molecule has 0 heterocycles. The van der Waals surface area contributed by atoms with Crippen LogP contribution in [0, 0.1) is 0 Å². The fourth-order valence-corrected chi connectivity index (χ4v) is 2.12. The van der Waals surface area contributed by atoms with E-state index in [4.69, 9.17) is 4.74 Å². The van der Waals surface area contributed by atoms with Crippen molar-refractivity contribution in [2.75, 3.05) is 6.54 Å². The Hall–Kier alpha value is -0.610. The fraction of sp³-hybridized carbons (Fsp3) is 0.923. The lowest BCUT2D eigenvalue weighted by Gasteiger charge is -2.23. The number of ether oxygens (including phenoxy) is 1. The molecule has 0 aromatic heterocycles. The van der Waals surface area contributed by atoms with Gasteiger partial charge in [-0.1, -0.05) is 19.3 Å². The van der Waals surface area contributed by atoms with Crippen LogP contribution in [-0.4, -0.2) is 35.4 Å². The number of hydrogen-bond acceptors (Lipinski definition) is 4. The lowest BCUT2D eigenvalue weighted by Crippen LogP contribution is -2.43. The molecule has 4 heteroatoms. The molecule has 0 bridgehead atoms. The Labute approximate surface area is 104 Å². The summed E-state index contributed by atoms with van der Waals surface area (Å²) in [7, 11) is 0. The fourth-order valence-electron chi connectivity index (χ4n) is 2.12. The van der Waals surface area contributed by atoms with Crippen LogP contribution < -0.4 is 5.32 Å². The van der Waals surface area contributed by atoms with Crippen LogP contribution in [0.4, 0.5) is 0 Å². The molecule has 17 heavy (non-hydrogen) atoms. The molecule has 0 aromatic carbocycles. The lowest BCUT2D eigenvalue weighted by molar-refractivity contribution is -0.153. The van der Waals surface area contributed by atoms with Crippen LogP contribution in [0.5, 0.6) is 0 Å². The van der Waals surface area contributed by atoms with Gasteiger partial charge < -0.3 is 15.2 Å². The van der Waals surface area contributed by atoms with Crippen molar-refractivity contribution >= 4 is 5.97 Å². The minimum atomic E-state index is -0.444. The normalized spacial score (nSPS) is 26.4. The Kier molecular flexibility index (Phi) is 5.40. The number of carbonyl (C=O) groups is 1. The predicted octanol–water partition coefficient (Wildman–Crippen LogP) is 1.61. The molecule has 0 radical (unpaired) electrons.